The molecule has 6 heteroatoms. The fourth-order valence-electron chi connectivity index (χ4n) is 3.21. The number of carbonyl (C=O) groups is 1. The summed E-state index contributed by atoms with van der Waals surface area (Å²) in [6.45, 7) is 1.47. The van der Waals surface area contributed by atoms with Crippen LogP contribution in [0.5, 0.6) is 5.75 Å². The first kappa shape index (κ1) is 22.2. The number of unbranched alkanes of at least 4 members (excludes halogenated alkanes) is 5. The van der Waals surface area contributed by atoms with Gasteiger partial charge >= 0.3 is 5.97 Å². The number of aryl methyl sites for hydroxylation is 1. The largest absolute Gasteiger partial charge is 0.508 e. The van der Waals surface area contributed by atoms with E-state index in [-0.39, 0.29) is 29.9 Å². The number of ether oxygens (including phenoxy) is 1. The van der Waals surface area contributed by atoms with Gasteiger partial charge in [0.1, 0.15) is 5.75 Å². The van der Waals surface area contributed by atoms with Crippen molar-refractivity contribution in [3.05, 3.63) is 60.6 Å². The Kier molecular flexibility index (Phi) is 9.27. The van der Waals surface area contributed by atoms with Crippen LogP contribution in [0.1, 0.15) is 48.9 Å². The normalized spacial score (nSPS) is 10.6. The van der Waals surface area contributed by atoms with Gasteiger partial charge in [0.25, 0.3) is 0 Å². The van der Waals surface area contributed by atoms with Crippen molar-refractivity contribution in [1.29, 1.82) is 0 Å². The minimum absolute atomic E-state index is 0. The Morgan fingerprint density at radius 1 is 1.04 bits per heavy atom. The highest BCUT2D eigenvalue weighted by Gasteiger charge is 2.06. The summed E-state index contributed by atoms with van der Waals surface area (Å²) in [6, 6.07) is 11.0. The number of aromatic hydroxyl groups is 1. The molecular weight excluding hydrogens is 467 g/mol. The third-order valence-corrected chi connectivity index (χ3v) is 4.68. The molecule has 0 atom stereocenters. The summed E-state index contributed by atoms with van der Waals surface area (Å²) in [4.78, 5) is 15.7. The molecule has 0 aliphatic heterocycles. The molecule has 3 rings (SSSR count). The minimum Gasteiger partial charge on any atom is -0.508 e. The molecule has 1 N–H and O–H groups in total. The Bertz CT molecular complexity index is 865. The number of aromatic nitrogens is 2. The molecule has 2 aromatic heterocycles. The van der Waals surface area contributed by atoms with Crippen LogP contribution in [-0.4, -0.2) is 27.2 Å². The number of hydrogen-bond donors (Lipinski definition) is 1. The summed E-state index contributed by atoms with van der Waals surface area (Å²) in [5.74, 6) is 0.0155. The van der Waals surface area contributed by atoms with Crippen molar-refractivity contribution in [3.63, 3.8) is 0 Å². The Balaban J connectivity index is 0.00000280. The van der Waals surface area contributed by atoms with Crippen LogP contribution in [0.4, 0.5) is 0 Å². The van der Waals surface area contributed by atoms with Gasteiger partial charge in [-0.05, 0) is 49.2 Å². The van der Waals surface area contributed by atoms with Crippen LogP contribution in [0.15, 0.2) is 55.0 Å². The summed E-state index contributed by atoms with van der Waals surface area (Å²) < 4.78 is 7.50. The summed E-state index contributed by atoms with van der Waals surface area (Å²) >= 11 is 0. The molecule has 0 saturated carbocycles. The zero-order valence-corrected chi connectivity index (χ0v) is 18.2. The summed E-state index contributed by atoms with van der Waals surface area (Å²) in [7, 11) is 0. The van der Waals surface area contributed by atoms with E-state index in [0.29, 0.717) is 17.9 Å². The van der Waals surface area contributed by atoms with Crippen molar-refractivity contribution in [3.8, 4) is 5.75 Å². The van der Waals surface area contributed by atoms with Crippen molar-refractivity contribution in [2.75, 3.05) is 6.61 Å². The quantitative estimate of drug-likeness (QED) is 0.228. The molecule has 0 aliphatic rings. The fraction of sp³-hybridized carbons (Fsp3) is 0.364. The number of phenols is 1. The number of nitrogens with zero attached hydrogens (tertiary/aromatic N) is 2. The second-order valence-corrected chi connectivity index (χ2v) is 6.75. The van der Waals surface area contributed by atoms with E-state index >= 15 is 0 Å². The van der Waals surface area contributed by atoms with E-state index in [1.54, 1.807) is 30.5 Å². The van der Waals surface area contributed by atoms with Crippen molar-refractivity contribution in [2.45, 2.75) is 45.1 Å². The number of carbonyl (C=O) groups excluding carboxylic acids is 1. The van der Waals surface area contributed by atoms with Crippen LogP contribution in [-0.2, 0) is 11.3 Å². The number of rotatable bonds is 10. The monoisotopic (exact) mass is 494 g/mol. The summed E-state index contributed by atoms with van der Waals surface area (Å²) in [5, 5.41) is 10.6. The predicted octanol–water partition coefficient (Wildman–Crippen LogP) is 5.56. The molecule has 2 heterocycles. The van der Waals surface area contributed by atoms with Gasteiger partial charge in [-0.3, -0.25) is 4.98 Å². The van der Waals surface area contributed by atoms with Gasteiger partial charge in [0.15, 0.2) is 0 Å². The molecule has 0 bridgehead atoms. The van der Waals surface area contributed by atoms with Gasteiger partial charge in [0.05, 0.1) is 12.2 Å². The average molecular weight is 494 g/mol. The first-order valence-electron chi connectivity index (χ1n) is 9.59. The van der Waals surface area contributed by atoms with Gasteiger partial charge in [0, 0.05) is 36.0 Å². The van der Waals surface area contributed by atoms with Crippen molar-refractivity contribution >= 4 is 40.8 Å². The van der Waals surface area contributed by atoms with Gasteiger partial charge in [-0.15, -0.1) is 24.0 Å². The molecule has 3 aromatic rings. The molecule has 0 spiro atoms. The van der Waals surface area contributed by atoms with Crippen LogP contribution in [0.3, 0.4) is 0 Å². The Morgan fingerprint density at radius 3 is 2.61 bits per heavy atom. The number of hydrogen-bond acceptors (Lipinski definition) is 4. The Labute approximate surface area is 182 Å². The highest BCUT2D eigenvalue weighted by molar-refractivity contribution is 14.0. The van der Waals surface area contributed by atoms with E-state index in [2.05, 4.69) is 15.7 Å². The molecular formula is C22H27IN2O3. The van der Waals surface area contributed by atoms with Crippen molar-refractivity contribution in [2.24, 2.45) is 0 Å². The zero-order valence-electron chi connectivity index (χ0n) is 15.9. The molecule has 0 amide bonds. The Morgan fingerprint density at radius 2 is 1.82 bits per heavy atom. The molecule has 0 radical (unpaired) electrons. The standard InChI is InChI=1S/C22H26N2O3.HI/c25-20-9-10-21-18(16-20)11-14-24(21)13-5-3-1-2-4-6-15-27-22(26)19-8-7-12-23-17-19;/h7-12,14,16-17,25H,1-6,13,15H2;1H. The van der Waals surface area contributed by atoms with Crippen molar-refractivity contribution < 1.29 is 14.6 Å². The van der Waals surface area contributed by atoms with Gasteiger partial charge in [0.2, 0.25) is 0 Å². The lowest BCUT2D eigenvalue weighted by molar-refractivity contribution is 0.0497. The third-order valence-electron chi connectivity index (χ3n) is 4.68. The van der Waals surface area contributed by atoms with Gasteiger partial charge in [-0.2, -0.15) is 0 Å². The van der Waals surface area contributed by atoms with E-state index < -0.39 is 0 Å². The van der Waals surface area contributed by atoms with E-state index in [1.807, 2.05) is 12.1 Å². The molecule has 0 aliphatic carbocycles. The lowest BCUT2D eigenvalue weighted by atomic mass is 10.1. The van der Waals surface area contributed by atoms with E-state index in [0.717, 1.165) is 37.6 Å². The SMILES string of the molecule is I.O=C(OCCCCCCCCn1ccc2cc(O)ccc21)c1cccnc1. The second-order valence-electron chi connectivity index (χ2n) is 6.75. The first-order valence-corrected chi connectivity index (χ1v) is 9.59. The molecule has 0 unspecified atom stereocenters. The van der Waals surface area contributed by atoms with Gasteiger partial charge in [-0.1, -0.05) is 25.7 Å². The van der Waals surface area contributed by atoms with Gasteiger partial charge < -0.3 is 14.4 Å². The topological polar surface area (TPSA) is 64.3 Å². The minimum atomic E-state index is -0.296. The first-order chi connectivity index (χ1) is 13.2. The van der Waals surface area contributed by atoms with Crippen LogP contribution in [0.2, 0.25) is 0 Å². The number of phenolic OH excluding ortho intramolecular Hbond substituents is 1. The molecule has 28 heavy (non-hydrogen) atoms. The third kappa shape index (κ3) is 6.51. The number of benzene rings is 1. The van der Waals surface area contributed by atoms with Crippen LogP contribution >= 0.6 is 24.0 Å². The molecule has 1 aromatic carbocycles. The fourth-order valence-corrected chi connectivity index (χ4v) is 3.21. The Hall–Kier alpha value is -2.09. The van der Waals surface area contributed by atoms with Crippen molar-refractivity contribution in [1.82, 2.24) is 9.55 Å². The average Bonchev–Trinajstić information content (AvgIpc) is 3.09. The van der Waals surface area contributed by atoms with Crippen LogP contribution in [0, 0.1) is 0 Å². The smallest absolute Gasteiger partial charge is 0.339 e. The van der Waals surface area contributed by atoms with Crippen LogP contribution < -0.4 is 0 Å². The molecule has 0 fully saturated rings. The summed E-state index contributed by atoms with van der Waals surface area (Å²) in [6.07, 6.45) is 11.9. The van der Waals surface area contributed by atoms with Crippen LogP contribution in [0.25, 0.3) is 10.9 Å². The number of fused-ring (bicyclic) bond motifs is 1. The van der Waals surface area contributed by atoms with E-state index in [4.69, 9.17) is 4.74 Å². The van der Waals surface area contributed by atoms with E-state index in [1.165, 1.54) is 24.6 Å². The maximum Gasteiger partial charge on any atom is 0.339 e. The highest BCUT2D eigenvalue weighted by atomic mass is 127. The number of pyridine rings is 1. The maximum atomic E-state index is 11.8. The lowest BCUT2D eigenvalue weighted by Gasteiger charge is -2.06. The molecule has 0 saturated heterocycles. The van der Waals surface area contributed by atoms with E-state index in [9.17, 15) is 9.90 Å². The number of esters is 1. The maximum absolute atomic E-state index is 11.8. The second kappa shape index (κ2) is 11.7. The van der Waals surface area contributed by atoms with Gasteiger partial charge in [-0.25, -0.2) is 4.79 Å². The lowest BCUT2D eigenvalue weighted by Crippen LogP contribution is -2.06. The predicted molar refractivity (Wildman–Crippen MR) is 121 cm³/mol. The highest BCUT2D eigenvalue weighted by Crippen LogP contribution is 2.21. The molecule has 150 valence electrons. The zero-order chi connectivity index (χ0) is 18.9. The number of halogens is 1. The molecule has 5 nitrogen and oxygen atoms in total. The summed E-state index contributed by atoms with van der Waals surface area (Å²) in [5.41, 5.74) is 1.67.